The van der Waals surface area contributed by atoms with Crippen LogP contribution in [0, 0.1) is 0 Å². The summed E-state index contributed by atoms with van der Waals surface area (Å²) in [4.78, 5) is 2.15. The molecule has 0 aliphatic carbocycles. The van der Waals surface area contributed by atoms with Crippen LogP contribution in [0.3, 0.4) is 0 Å². The monoisotopic (exact) mass is 225 g/mol. The molecule has 1 nitrogen and oxygen atoms in total. The molecule has 0 aromatic heterocycles. The first kappa shape index (κ1) is 11.4. The van der Waals surface area contributed by atoms with E-state index in [2.05, 4.69) is 34.7 Å². The summed E-state index contributed by atoms with van der Waals surface area (Å²) in [5, 5.41) is 1.00. The van der Waals surface area contributed by atoms with Gasteiger partial charge in [-0.3, -0.25) is 4.90 Å². The Hall–Kier alpha value is 0.370. The summed E-state index contributed by atoms with van der Waals surface area (Å²) in [5.41, 5.74) is 0. The zero-order valence-corrected chi connectivity index (χ0v) is 8.90. The Kier molecular flexibility index (Phi) is 7.28. The first-order valence-corrected chi connectivity index (χ1v) is 5.20. The second kappa shape index (κ2) is 7.04. The first-order chi connectivity index (χ1) is 5.22. The topological polar surface area (TPSA) is 3.24 Å². The van der Waals surface area contributed by atoms with Crippen molar-refractivity contribution in [1.82, 2.24) is 4.90 Å². The summed E-state index contributed by atoms with van der Waals surface area (Å²) in [7, 11) is 0. The van der Waals surface area contributed by atoms with E-state index in [9.17, 15) is 4.39 Å². The molecule has 0 amide bonds. The van der Waals surface area contributed by atoms with Crippen LogP contribution in [0.25, 0.3) is 0 Å². The molecule has 0 saturated carbocycles. The Morgan fingerprint density at radius 2 is 2.00 bits per heavy atom. The molecule has 11 heavy (non-hydrogen) atoms. The lowest BCUT2D eigenvalue weighted by molar-refractivity contribution is 0.204. The van der Waals surface area contributed by atoms with Crippen LogP contribution in [0.1, 0.15) is 20.3 Å². The van der Waals surface area contributed by atoms with Crippen LogP contribution in [0.5, 0.6) is 0 Å². The third-order valence-electron chi connectivity index (χ3n) is 1.68. The van der Waals surface area contributed by atoms with E-state index < -0.39 is 0 Å². The highest BCUT2D eigenvalue weighted by molar-refractivity contribution is 9.09. The highest BCUT2D eigenvalue weighted by atomic mass is 79.9. The van der Waals surface area contributed by atoms with Crippen molar-refractivity contribution in [3.63, 3.8) is 0 Å². The van der Waals surface area contributed by atoms with E-state index in [1.54, 1.807) is 0 Å². The van der Waals surface area contributed by atoms with Gasteiger partial charge < -0.3 is 0 Å². The summed E-state index contributed by atoms with van der Waals surface area (Å²) in [5.74, 6) is 0. The molecular formula is C8H17BrFN. The highest BCUT2D eigenvalue weighted by Crippen LogP contribution is 2.00. The third kappa shape index (κ3) is 5.62. The van der Waals surface area contributed by atoms with Gasteiger partial charge in [-0.15, -0.1) is 0 Å². The van der Waals surface area contributed by atoms with Crippen molar-refractivity contribution in [1.29, 1.82) is 0 Å². The number of alkyl halides is 2. The minimum Gasteiger partial charge on any atom is -0.298 e. The van der Waals surface area contributed by atoms with Gasteiger partial charge in [-0.05, 0) is 26.8 Å². The van der Waals surface area contributed by atoms with Crippen molar-refractivity contribution in [2.75, 3.05) is 25.1 Å². The number of rotatable bonds is 6. The molecule has 0 aliphatic heterocycles. The van der Waals surface area contributed by atoms with Crippen molar-refractivity contribution in [3.05, 3.63) is 0 Å². The summed E-state index contributed by atoms with van der Waals surface area (Å²) in [6.45, 7) is 5.53. The maximum absolute atomic E-state index is 12.0. The summed E-state index contributed by atoms with van der Waals surface area (Å²) >= 11 is 3.36. The second-order valence-electron chi connectivity index (χ2n) is 2.86. The van der Waals surface area contributed by atoms with E-state index in [0.717, 1.165) is 18.3 Å². The van der Waals surface area contributed by atoms with E-state index in [4.69, 9.17) is 0 Å². The van der Waals surface area contributed by atoms with E-state index >= 15 is 0 Å². The first-order valence-electron chi connectivity index (χ1n) is 4.08. The molecule has 0 fully saturated rings. The molecule has 0 saturated heterocycles. The van der Waals surface area contributed by atoms with E-state index in [0.29, 0.717) is 12.6 Å². The zero-order chi connectivity index (χ0) is 8.69. The molecule has 0 unspecified atom stereocenters. The van der Waals surface area contributed by atoms with Crippen LogP contribution in [-0.2, 0) is 0 Å². The Labute approximate surface area is 77.1 Å². The second-order valence-corrected chi connectivity index (χ2v) is 3.65. The quantitative estimate of drug-likeness (QED) is 0.629. The molecule has 0 aliphatic rings. The molecule has 68 valence electrons. The lowest BCUT2D eigenvalue weighted by Crippen LogP contribution is -2.33. The predicted octanol–water partition coefficient (Wildman–Crippen LogP) is 2.45. The molecule has 3 heteroatoms. The van der Waals surface area contributed by atoms with Gasteiger partial charge in [0.15, 0.2) is 0 Å². The van der Waals surface area contributed by atoms with Crippen LogP contribution >= 0.6 is 15.9 Å². The predicted molar refractivity (Wildman–Crippen MR) is 51.1 cm³/mol. The smallest absolute Gasteiger partial charge is 0.102 e. The largest absolute Gasteiger partial charge is 0.298 e. The zero-order valence-electron chi connectivity index (χ0n) is 7.32. The number of hydrogen-bond donors (Lipinski definition) is 0. The van der Waals surface area contributed by atoms with Crippen LogP contribution < -0.4 is 0 Å². The van der Waals surface area contributed by atoms with Crippen LogP contribution in [-0.4, -0.2) is 36.0 Å². The lowest BCUT2D eigenvalue weighted by atomic mass is 10.3. The standard InChI is InChI=1S/C8H17BrFN/c1-8(2)11(7-5-10)6-3-4-9/h8H,3-7H2,1-2H3. The van der Waals surface area contributed by atoms with Gasteiger partial charge in [-0.2, -0.15) is 0 Å². The van der Waals surface area contributed by atoms with Crippen molar-refractivity contribution in [2.45, 2.75) is 26.3 Å². The average molecular weight is 226 g/mol. The van der Waals surface area contributed by atoms with E-state index in [-0.39, 0.29) is 6.67 Å². The molecule has 0 aromatic rings. The normalized spacial score (nSPS) is 11.5. The maximum atomic E-state index is 12.0. The van der Waals surface area contributed by atoms with Crippen LogP contribution in [0.4, 0.5) is 4.39 Å². The third-order valence-corrected chi connectivity index (χ3v) is 2.24. The molecule has 0 spiro atoms. The Bertz CT molecular complexity index is 88.2. The Balaban J connectivity index is 3.51. The average Bonchev–Trinajstić information content (AvgIpc) is 1.97. The van der Waals surface area contributed by atoms with E-state index in [1.165, 1.54) is 0 Å². The van der Waals surface area contributed by atoms with Gasteiger partial charge in [0.2, 0.25) is 0 Å². The van der Waals surface area contributed by atoms with Gasteiger partial charge in [0.1, 0.15) is 6.67 Å². The molecule has 0 heterocycles. The van der Waals surface area contributed by atoms with Gasteiger partial charge in [-0.25, -0.2) is 4.39 Å². The van der Waals surface area contributed by atoms with Gasteiger partial charge in [0.25, 0.3) is 0 Å². The van der Waals surface area contributed by atoms with Crippen LogP contribution in [0.15, 0.2) is 0 Å². The van der Waals surface area contributed by atoms with Gasteiger partial charge in [-0.1, -0.05) is 15.9 Å². The highest BCUT2D eigenvalue weighted by Gasteiger charge is 2.06. The van der Waals surface area contributed by atoms with Crippen molar-refractivity contribution >= 4 is 15.9 Å². The summed E-state index contributed by atoms with van der Waals surface area (Å²) in [6, 6.07) is 0.463. The van der Waals surface area contributed by atoms with E-state index in [1.807, 2.05) is 0 Å². The maximum Gasteiger partial charge on any atom is 0.102 e. The minimum absolute atomic E-state index is 0.236. The van der Waals surface area contributed by atoms with Crippen molar-refractivity contribution in [3.8, 4) is 0 Å². The van der Waals surface area contributed by atoms with Gasteiger partial charge in [0.05, 0.1) is 0 Å². The SMILES string of the molecule is CC(C)N(CCF)CCCBr. The Morgan fingerprint density at radius 1 is 1.36 bits per heavy atom. The molecule has 0 bridgehead atoms. The fourth-order valence-corrected chi connectivity index (χ4v) is 1.25. The number of halogens is 2. The van der Waals surface area contributed by atoms with Gasteiger partial charge >= 0.3 is 0 Å². The summed E-state index contributed by atoms with van der Waals surface area (Å²) < 4.78 is 12.0. The molecule has 0 atom stereocenters. The summed E-state index contributed by atoms with van der Waals surface area (Å²) in [6.07, 6.45) is 1.10. The Morgan fingerprint density at radius 3 is 2.36 bits per heavy atom. The number of hydrogen-bond acceptors (Lipinski definition) is 1. The number of nitrogens with zero attached hydrogens (tertiary/aromatic N) is 1. The van der Waals surface area contributed by atoms with Gasteiger partial charge in [0, 0.05) is 17.9 Å². The molecule has 0 rings (SSSR count). The fraction of sp³-hybridized carbons (Fsp3) is 1.00. The fourth-order valence-electron chi connectivity index (χ4n) is 1.000. The molecular weight excluding hydrogens is 209 g/mol. The molecule has 0 N–H and O–H groups in total. The van der Waals surface area contributed by atoms with Crippen molar-refractivity contribution < 1.29 is 4.39 Å². The molecule has 0 aromatic carbocycles. The molecule has 0 radical (unpaired) electrons. The lowest BCUT2D eigenvalue weighted by Gasteiger charge is -2.24. The van der Waals surface area contributed by atoms with Crippen molar-refractivity contribution in [2.24, 2.45) is 0 Å². The van der Waals surface area contributed by atoms with Crippen LogP contribution in [0.2, 0.25) is 0 Å². The minimum atomic E-state index is -0.236.